The van der Waals surface area contributed by atoms with Gasteiger partial charge >= 0.3 is 0 Å². The van der Waals surface area contributed by atoms with Crippen LogP contribution in [0.15, 0.2) is 35.1 Å². The normalized spacial score (nSPS) is 35.7. The number of hydrogen-bond acceptors (Lipinski definition) is 4. The first-order valence-electron chi connectivity index (χ1n) is 11.0. The molecule has 6 atom stereocenters. The van der Waals surface area contributed by atoms with Crippen molar-refractivity contribution < 1.29 is 14.4 Å². The molecule has 156 valence electrons. The Kier molecular flexibility index (Phi) is 3.86. The molecule has 1 saturated carbocycles. The molecule has 0 unspecified atom stereocenters. The van der Waals surface area contributed by atoms with E-state index in [1.54, 1.807) is 12.1 Å². The lowest BCUT2D eigenvalue weighted by Crippen LogP contribution is -2.49. The third-order valence-electron chi connectivity index (χ3n) is 7.94. The van der Waals surface area contributed by atoms with Gasteiger partial charge in [0.1, 0.15) is 0 Å². The van der Waals surface area contributed by atoms with Crippen molar-refractivity contribution in [3.63, 3.8) is 0 Å². The molecule has 7 nitrogen and oxygen atoms in total. The zero-order valence-corrected chi connectivity index (χ0v) is 16.8. The van der Waals surface area contributed by atoms with E-state index in [1.165, 1.54) is 4.90 Å². The zero-order chi connectivity index (χ0) is 20.6. The average molecular weight is 407 g/mol. The predicted octanol–water partition coefficient (Wildman–Crippen LogP) is 0.991. The highest BCUT2D eigenvalue weighted by Crippen LogP contribution is 2.52. The van der Waals surface area contributed by atoms with E-state index in [-0.39, 0.29) is 71.8 Å². The molecule has 1 aromatic rings. The summed E-state index contributed by atoms with van der Waals surface area (Å²) < 4.78 is 1.85. The Labute approximate surface area is 174 Å². The van der Waals surface area contributed by atoms with Crippen LogP contribution in [-0.4, -0.2) is 51.7 Å². The van der Waals surface area contributed by atoms with E-state index < -0.39 is 0 Å². The topological polar surface area (TPSA) is 79.7 Å². The Bertz CT molecular complexity index is 1010. The fourth-order valence-corrected chi connectivity index (χ4v) is 6.65. The molecule has 3 fully saturated rings. The predicted molar refractivity (Wildman–Crippen MR) is 107 cm³/mol. The molecule has 4 heterocycles. The molecule has 0 radical (unpaired) electrons. The number of amides is 3. The minimum atomic E-state index is -0.202. The van der Waals surface area contributed by atoms with Gasteiger partial charge in [0.25, 0.3) is 5.56 Å². The second-order valence-electron chi connectivity index (χ2n) is 9.57. The van der Waals surface area contributed by atoms with Gasteiger partial charge in [-0.05, 0) is 36.7 Å². The van der Waals surface area contributed by atoms with Gasteiger partial charge in [0.2, 0.25) is 17.7 Å². The summed E-state index contributed by atoms with van der Waals surface area (Å²) in [4.78, 5) is 54.0. The van der Waals surface area contributed by atoms with Crippen LogP contribution >= 0.6 is 0 Å². The standard InChI is InChI=1S/C23H25N3O4/c27-18(6-7-25-22(29)20-14-4-5-15(9-14)21(20)23(25)30)24-10-13-8-16(12-24)17-2-1-3-19(28)26(17)11-13/h1-5,13-16,20-21H,6-12H2/t13-,14+,15+,16+,20+,21+/m1/s1. The first-order valence-corrected chi connectivity index (χ1v) is 11.0. The number of rotatable bonds is 3. The van der Waals surface area contributed by atoms with Gasteiger partial charge in [-0.2, -0.15) is 0 Å². The molecule has 30 heavy (non-hydrogen) atoms. The fourth-order valence-electron chi connectivity index (χ4n) is 6.65. The fraction of sp³-hybridized carbons (Fsp3) is 0.565. The third-order valence-corrected chi connectivity index (χ3v) is 7.94. The lowest BCUT2D eigenvalue weighted by atomic mass is 9.83. The maximum absolute atomic E-state index is 13.0. The quantitative estimate of drug-likeness (QED) is 0.553. The second-order valence-corrected chi connectivity index (χ2v) is 9.57. The van der Waals surface area contributed by atoms with Gasteiger partial charge in [-0.3, -0.25) is 24.1 Å². The number of nitrogens with zero attached hydrogens (tertiary/aromatic N) is 3. The van der Waals surface area contributed by atoms with Crippen LogP contribution in [-0.2, 0) is 20.9 Å². The van der Waals surface area contributed by atoms with Gasteiger partial charge in [-0.1, -0.05) is 18.2 Å². The summed E-state index contributed by atoms with van der Waals surface area (Å²) in [5, 5.41) is 0. The van der Waals surface area contributed by atoms with E-state index in [2.05, 4.69) is 12.2 Å². The number of carbonyl (C=O) groups is 3. The highest BCUT2D eigenvalue weighted by atomic mass is 16.2. The molecule has 2 aliphatic carbocycles. The maximum Gasteiger partial charge on any atom is 0.250 e. The van der Waals surface area contributed by atoms with Crippen LogP contribution < -0.4 is 5.56 Å². The van der Waals surface area contributed by atoms with Crippen molar-refractivity contribution >= 4 is 17.7 Å². The van der Waals surface area contributed by atoms with Crippen LogP contribution in [0, 0.1) is 29.6 Å². The molecule has 6 rings (SSSR count). The summed E-state index contributed by atoms with van der Waals surface area (Å²) >= 11 is 0. The minimum absolute atomic E-state index is 0.00446. The lowest BCUT2D eigenvalue weighted by Gasteiger charge is -2.42. The van der Waals surface area contributed by atoms with Crippen LogP contribution in [0.4, 0.5) is 0 Å². The number of aromatic nitrogens is 1. The van der Waals surface area contributed by atoms with Crippen molar-refractivity contribution in [2.75, 3.05) is 19.6 Å². The first-order chi connectivity index (χ1) is 14.5. The Morgan fingerprint density at radius 3 is 2.40 bits per heavy atom. The molecule has 2 saturated heterocycles. The zero-order valence-electron chi connectivity index (χ0n) is 16.8. The Hall–Kier alpha value is -2.70. The van der Waals surface area contributed by atoms with E-state index in [4.69, 9.17) is 0 Å². The minimum Gasteiger partial charge on any atom is -0.342 e. The molecular formula is C23H25N3O4. The van der Waals surface area contributed by atoms with Gasteiger partial charge in [0.15, 0.2) is 0 Å². The SMILES string of the molecule is O=C(CCN1C(=O)[C@@H]2[C@@H](C1=O)[C@H]1C=C[C@H]2C1)N1C[C@H]2C[C@@H](C1)c1cccc(=O)n1C2. The van der Waals surface area contributed by atoms with E-state index in [1.807, 2.05) is 15.5 Å². The van der Waals surface area contributed by atoms with Gasteiger partial charge in [0, 0.05) is 50.3 Å². The molecule has 1 aromatic heterocycles. The highest BCUT2D eigenvalue weighted by molar-refractivity contribution is 6.06. The first kappa shape index (κ1) is 18.1. The number of hydrogen-bond donors (Lipinski definition) is 0. The molecule has 7 heteroatoms. The van der Waals surface area contributed by atoms with Crippen molar-refractivity contribution in [3.05, 3.63) is 46.4 Å². The molecule has 3 amide bonds. The molecule has 4 bridgehead atoms. The van der Waals surface area contributed by atoms with E-state index >= 15 is 0 Å². The van der Waals surface area contributed by atoms with Crippen molar-refractivity contribution in [1.29, 1.82) is 0 Å². The number of carbonyl (C=O) groups excluding carboxylic acids is 3. The molecule has 3 aliphatic heterocycles. The van der Waals surface area contributed by atoms with Crippen LogP contribution in [0.1, 0.15) is 30.9 Å². The lowest BCUT2D eigenvalue weighted by molar-refractivity contribution is -0.142. The molecule has 0 N–H and O–H groups in total. The number of fused-ring (bicyclic) bond motifs is 9. The maximum atomic E-state index is 13.0. The Morgan fingerprint density at radius 1 is 0.933 bits per heavy atom. The second kappa shape index (κ2) is 6.40. The summed E-state index contributed by atoms with van der Waals surface area (Å²) in [6.07, 6.45) is 6.26. The Morgan fingerprint density at radius 2 is 1.67 bits per heavy atom. The number of piperidine rings is 1. The molecule has 0 spiro atoms. The third kappa shape index (κ3) is 2.50. The summed E-state index contributed by atoms with van der Waals surface area (Å²) in [6.45, 7) is 2.07. The number of allylic oxidation sites excluding steroid dienone is 2. The van der Waals surface area contributed by atoms with Crippen LogP contribution in [0.5, 0.6) is 0 Å². The molecular weight excluding hydrogens is 382 g/mol. The van der Waals surface area contributed by atoms with Crippen LogP contribution in [0.25, 0.3) is 0 Å². The van der Waals surface area contributed by atoms with Crippen LogP contribution in [0.2, 0.25) is 0 Å². The van der Waals surface area contributed by atoms with Gasteiger partial charge in [0.05, 0.1) is 11.8 Å². The number of likely N-dealkylation sites (tertiary alicyclic amines) is 2. The van der Waals surface area contributed by atoms with E-state index in [9.17, 15) is 19.2 Å². The van der Waals surface area contributed by atoms with Gasteiger partial charge in [-0.25, -0.2) is 0 Å². The van der Waals surface area contributed by atoms with Gasteiger partial charge < -0.3 is 9.47 Å². The van der Waals surface area contributed by atoms with Crippen molar-refractivity contribution in [2.24, 2.45) is 29.6 Å². The van der Waals surface area contributed by atoms with Crippen molar-refractivity contribution in [1.82, 2.24) is 14.4 Å². The smallest absolute Gasteiger partial charge is 0.250 e. The molecule has 0 aromatic carbocycles. The highest BCUT2D eigenvalue weighted by Gasteiger charge is 2.59. The van der Waals surface area contributed by atoms with Crippen molar-refractivity contribution in [3.8, 4) is 0 Å². The summed E-state index contributed by atoms with van der Waals surface area (Å²) in [5.74, 6) is 0.262. The van der Waals surface area contributed by atoms with E-state index in [0.29, 0.717) is 19.6 Å². The summed E-state index contributed by atoms with van der Waals surface area (Å²) in [6, 6.07) is 5.37. The summed E-state index contributed by atoms with van der Waals surface area (Å²) in [7, 11) is 0. The Balaban J connectivity index is 1.13. The summed E-state index contributed by atoms with van der Waals surface area (Å²) in [5.41, 5.74) is 1.04. The number of imide groups is 1. The monoisotopic (exact) mass is 407 g/mol. The van der Waals surface area contributed by atoms with E-state index in [0.717, 1.165) is 18.5 Å². The number of pyridine rings is 1. The average Bonchev–Trinajstić information content (AvgIpc) is 3.41. The van der Waals surface area contributed by atoms with Gasteiger partial charge in [-0.15, -0.1) is 0 Å². The largest absolute Gasteiger partial charge is 0.342 e. The van der Waals surface area contributed by atoms with Crippen LogP contribution in [0.3, 0.4) is 0 Å². The van der Waals surface area contributed by atoms with Crippen molar-refractivity contribution in [2.45, 2.75) is 31.7 Å². The molecule has 5 aliphatic rings.